The van der Waals surface area contributed by atoms with E-state index in [1.807, 2.05) is 19.1 Å². The topological polar surface area (TPSA) is 13.1 Å². The molecule has 16 heavy (non-hydrogen) atoms. The van der Waals surface area contributed by atoms with E-state index in [0.717, 1.165) is 23.3 Å². The van der Waals surface area contributed by atoms with E-state index < -0.39 is 0 Å². The normalized spacial score (nSPS) is 11.4. The maximum atomic E-state index is 5.73. The number of fused-ring (bicyclic) bond motifs is 1. The fraction of sp³-hybridized carbons (Fsp3) is 0.200. The van der Waals surface area contributed by atoms with Gasteiger partial charge in [0.15, 0.2) is 0 Å². The molecule has 0 bridgehead atoms. The molecule has 0 saturated heterocycles. The van der Waals surface area contributed by atoms with Crippen molar-refractivity contribution in [1.82, 2.24) is 0 Å². The third-order valence-corrected chi connectivity index (χ3v) is 2.75. The molecule has 1 nitrogen and oxygen atoms in total. The summed E-state index contributed by atoms with van der Waals surface area (Å²) in [6.07, 6.45) is 6.90. The number of allylic oxidation sites excluding steroid dienone is 1. The molecule has 1 aromatic carbocycles. The molecular formula is C15H16O. The van der Waals surface area contributed by atoms with E-state index in [0.29, 0.717) is 0 Å². The lowest BCUT2D eigenvalue weighted by atomic mass is 10.1. The highest BCUT2D eigenvalue weighted by atomic mass is 16.3. The van der Waals surface area contributed by atoms with E-state index in [2.05, 4.69) is 31.7 Å². The molecule has 0 aliphatic rings. The first kappa shape index (κ1) is 10.7. The van der Waals surface area contributed by atoms with Gasteiger partial charge in [0.05, 0.1) is 0 Å². The van der Waals surface area contributed by atoms with Gasteiger partial charge >= 0.3 is 0 Å². The van der Waals surface area contributed by atoms with E-state index in [1.165, 1.54) is 10.9 Å². The Morgan fingerprint density at radius 2 is 2.19 bits per heavy atom. The van der Waals surface area contributed by atoms with Gasteiger partial charge in [0.25, 0.3) is 0 Å². The van der Waals surface area contributed by atoms with Crippen molar-refractivity contribution in [2.24, 2.45) is 0 Å². The quantitative estimate of drug-likeness (QED) is 0.720. The second-order valence-corrected chi connectivity index (χ2v) is 3.77. The van der Waals surface area contributed by atoms with Gasteiger partial charge < -0.3 is 4.42 Å². The number of rotatable bonds is 3. The fourth-order valence-corrected chi connectivity index (χ4v) is 1.89. The highest BCUT2D eigenvalue weighted by Gasteiger charge is 2.09. The largest absolute Gasteiger partial charge is 0.456 e. The number of aryl methyl sites for hydroxylation is 1. The molecule has 0 atom stereocenters. The Labute approximate surface area is 96.1 Å². The first-order valence-corrected chi connectivity index (χ1v) is 5.60. The molecule has 1 aromatic heterocycles. The monoisotopic (exact) mass is 212 g/mol. The molecule has 0 saturated carbocycles. The van der Waals surface area contributed by atoms with Crippen molar-refractivity contribution in [2.75, 3.05) is 0 Å². The lowest BCUT2D eigenvalue weighted by molar-refractivity contribution is 0.603. The zero-order valence-electron chi connectivity index (χ0n) is 9.79. The smallest absolute Gasteiger partial charge is 0.135 e. The molecule has 0 radical (unpaired) electrons. The van der Waals surface area contributed by atoms with Crippen LogP contribution in [0, 0.1) is 0 Å². The van der Waals surface area contributed by atoms with Crippen molar-refractivity contribution in [1.29, 1.82) is 0 Å². The maximum absolute atomic E-state index is 5.73. The van der Waals surface area contributed by atoms with E-state index in [-0.39, 0.29) is 0 Å². The highest BCUT2D eigenvalue weighted by molar-refractivity contribution is 5.91. The standard InChI is InChI=1S/C15H16O/c1-4-7-12-13-10-11(5-2)8-9-15(13)16-14(12)6-3/h4,6-10H,3,5H2,1-2H3/b7-4-. The Balaban J connectivity index is 2.75. The Morgan fingerprint density at radius 1 is 1.38 bits per heavy atom. The van der Waals surface area contributed by atoms with Crippen LogP contribution in [0.5, 0.6) is 0 Å². The summed E-state index contributed by atoms with van der Waals surface area (Å²) in [4.78, 5) is 0. The molecule has 0 N–H and O–H groups in total. The Kier molecular flexibility index (Phi) is 2.95. The summed E-state index contributed by atoms with van der Waals surface area (Å²) in [7, 11) is 0. The third-order valence-electron chi connectivity index (χ3n) is 2.75. The van der Waals surface area contributed by atoms with Gasteiger partial charge in [-0.2, -0.15) is 0 Å². The van der Waals surface area contributed by atoms with Crippen molar-refractivity contribution in [2.45, 2.75) is 20.3 Å². The minimum Gasteiger partial charge on any atom is -0.456 e. The summed E-state index contributed by atoms with van der Waals surface area (Å²) >= 11 is 0. The molecular weight excluding hydrogens is 196 g/mol. The van der Waals surface area contributed by atoms with Gasteiger partial charge in [0, 0.05) is 10.9 Å². The van der Waals surface area contributed by atoms with Crippen molar-refractivity contribution >= 4 is 23.1 Å². The van der Waals surface area contributed by atoms with E-state index in [4.69, 9.17) is 4.42 Å². The van der Waals surface area contributed by atoms with Crippen molar-refractivity contribution < 1.29 is 4.42 Å². The zero-order chi connectivity index (χ0) is 11.5. The number of hydrogen-bond acceptors (Lipinski definition) is 1. The summed E-state index contributed by atoms with van der Waals surface area (Å²) in [6.45, 7) is 7.95. The Morgan fingerprint density at radius 3 is 2.81 bits per heavy atom. The van der Waals surface area contributed by atoms with Gasteiger partial charge in [-0.15, -0.1) is 0 Å². The van der Waals surface area contributed by atoms with Crippen LogP contribution in [0.15, 0.2) is 35.3 Å². The van der Waals surface area contributed by atoms with Crippen LogP contribution < -0.4 is 0 Å². The summed E-state index contributed by atoms with van der Waals surface area (Å²) in [5.74, 6) is 0.848. The van der Waals surface area contributed by atoms with Crippen LogP contribution in [0.25, 0.3) is 23.1 Å². The van der Waals surface area contributed by atoms with Crippen molar-refractivity contribution in [3.8, 4) is 0 Å². The van der Waals surface area contributed by atoms with Crippen LogP contribution in [0.3, 0.4) is 0 Å². The molecule has 0 spiro atoms. The van der Waals surface area contributed by atoms with Gasteiger partial charge in [0.2, 0.25) is 0 Å². The van der Waals surface area contributed by atoms with Gasteiger partial charge in [0.1, 0.15) is 11.3 Å². The first-order chi connectivity index (χ1) is 7.80. The molecule has 2 aromatic rings. The molecule has 1 heteroatoms. The predicted octanol–water partition coefficient (Wildman–Crippen LogP) is 4.67. The minimum atomic E-state index is 0.848. The van der Waals surface area contributed by atoms with Crippen molar-refractivity contribution in [3.05, 3.63) is 47.7 Å². The predicted molar refractivity (Wildman–Crippen MR) is 70.4 cm³/mol. The van der Waals surface area contributed by atoms with Crippen LogP contribution in [0.1, 0.15) is 30.7 Å². The van der Waals surface area contributed by atoms with E-state index in [9.17, 15) is 0 Å². The highest BCUT2D eigenvalue weighted by Crippen LogP contribution is 2.29. The summed E-state index contributed by atoms with van der Waals surface area (Å²) in [5, 5.41) is 1.17. The van der Waals surface area contributed by atoms with Crippen LogP contribution in [0.2, 0.25) is 0 Å². The van der Waals surface area contributed by atoms with Crippen LogP contribution in [0.4, 0.5) is 0 Å². The van der Waals surface area contributed by atoms with Gasteiger partial charge in [-0.3, -0.25) is 0 Å². The lowest BCUT2D eigenvalue weighted by Crippen LogP contribution is -1.79. The third kappa shape index (κ3) is 1.69. The average Bonchev–Trinajstić information content (AvgIpc) is 2.67. The molecule has 82 valence electrons. The summed E-state index contributed by atoms with van der Waals surface area (Å²) in [5.41, 5.74) is 3.39. The number of furan rings is 1. The van der Waals surface area contributed by atoms with Gasteiger partial charge in [-0.1, -0.05) is 31.7 Å². The Hall–Kier alpha value is -1.76. The summed E-state index contributed by atoms with van der Waals surface area (Å²) in [6, 6.07) is 6.34. The Bertz CT molecular complexity index is 544. The zero-order valence-corrected chi connectivity index (χ0v) is 9.79. The van der Waals surface area contributed by atoms with Crippen LogP contribution in [-0.4, -0.2) is 0 Å². The minimum absolute atomic E-state index is 0.848. The van der Waals surface area contributed by atoms with E-state index >= 15 is 0 Å². The molecule has 0 aliphatic heterocycles. The van der Waals surface area contributed by atoms with Gasteiger partial charge in [-0.25, -0.2) is 0 Å². The number of benzene rings is 1. The number of hydrogen-bond donors (Lipinski definition) is 0. The first-order valence-electron chi connectivity index (χ1n) is 5.60. The molecule has 0 unspecified atom stereocenters. The second-order valence-electron chi connectivity index (χ2n) is 3.77. The molecule has 0 fully saturated rings. The van der Waals surface area contributed by atoms with E-state index in [1.54, 1.807) is 6.08 Å². The molecule has 2 rings (SSSR count). The second kappa shape index (κ2) is 4.40. The maximum Gasteiger partial charge on any atom is 0.135 e. The van der Waals surface area contributed by atoms with Gasteiger partial charge in [-0.05, 0) is 37.1 Å². The molecule has 1 heterocycles. The lowest BCUT2D eigenvalue weighted by Gasteiger charge is -1.96. The van der Waals surface area contributed by atoms with Crippen LogP contribution in [-0.2, 0) is 6.42 Å². The van der Waals surface area contributed by atoms with Crippen LogP contribution >= 0.6 is 0 Å². The van der Waals surface area contributed by atoms with Crippen molar-refractivity contribution in [3.63, 3.8) is 0 Å². The molecule has 0 amide bonds. The SMILES string of the molecule is C=Cc1oc2ccc(CC)cc2c1/C=C\C. The fourth-order valence-electron chi connectivity index (χ4n) is 1.89. The summed E-state index contributed by atoms with van der Waals surface area (Å²) < 4.78 is 5.73. The average molecular weight is 212 g/mol. The molecule has 0 aliphatic carbocycles.